The van der Waals surface area contributed by atoms with E-state index in [0.29, 0.717) is 18.7 Å². The van der Waals surface area contributed by atoms with E-state index < -0.39 is 0 Å². The van der Waals surface area contributed by atoms with E-state index in [2.05, 4.69) is 20.4 Å². The van der Waals surface area contributed by atoms with Crippen LogP contribution < -0.4 is 11.1 Å². The highest BCUT2D eigenvalue weighted by Gasteiger charge is 2.23. The number of rotatable bonds is 6. The van der Waals surface area contributed by atoms with E-state index in [-0.39, 0.29) is 17.7 Å². The summed E-state index contributed by atoms with van der Waals surface area (Å²) in [7, 11) is 0. The van der Waals surface area contributed by atoms with Gasteiger partial charge in [0.1, 0.15) is 0 Å². The van der Waals surface area contributed by atoms with Crippen molar-refractivity contribution in [2.45, 2.75) is 12.8 Å². The summed E-state index contributed by atoms with van der Waals surface area (Å²) in [4.78, 5) is 25.7. The number of nitrogens with two attached hydrogens (primary N) is 1. The Hall–Kier alpha value is -2.67. The lowest BCUT2D eigenvalue weighted by Crippen LogP contribution is -2.44. The maximum atomic E-state index is 12.2. The number of amides is 2. The largest absolute Gasteiger partial charge is 0.369 e. The van der Waals surface area contributed by atoms with Crippen LogP contribution in [0.3, 0.4) is 0 Å². The van der Waals surface area contributed by atoms with Crippen LogP contribution in [0, 0.1) is 5.92 Å². The van der Waals surface area contributed by atoms with Crippen molar-refractivity contribution in [3.05, 3.63) is 42.1 Å². The van der Waals surface area contributed by atoms with Gasteiger partial charge in [0.25, 0.3) is 5.91 Å². The fraction of sp³-hybridized carbons (Fsp3) is 0.389. The van der Waals surface area contributed by atoms with Crippen molar-refractivity contribution in [2.24, 2.45) is 11.7 Å². The molecule has 132 valence electrons. The number of carbonyl (C=O) groups excluding carboxylic acids is 2. The van der Waals surface area contributed by atoms with Gasteiger partial charge in [-0.15, -0.1) is 0 Å². The molecule has 4 N–H and O–H groups in total. The third-order valence-corrected chi connectivity index (χ3v) is 4.58. The van der Waals surface area contributed by atoms with Gasteiger partial charge in [-0.25, -0.2) is 0 Å². The van der Waals surface area contributed by atoms with E-state index in [0.717, 1.165) is 37.2 Å². The molecule has 1 atom stereocenters. The molecule has 1 fully saturated rings. The Morgan fingerprint density at radius 2 is 2.08 bits per heavy atom. The molecule has 2 heterocycles. The number of aromatic amines is 1. The van der Waals surface area contributed by atoms with Crippen LogP contribution in [0.1, 0.15) is 23.2 Å². The highest BCUT2D eigenvalue weighted by molar-refractivity contribution is 5.94. The Balaban J connectivity index is 1.47. The number of primary amides is 1. The molecular weight excluding hydrogens is 318 g/mol. The van der Waals surface area contributed by atoms with Crippen molar-refractivity contribution >= 4 is 11.8 Å². The summed E-state index contributed by atoms with van der Waals surface area (Å²) in [5.41, 5.74) is 7.91. The third kappa shape index (κ3) is 4.45. The second-order valence-electron chi connectivity index (χ2n) is 6.35. The summed E-state index contributed by atoms with van der Waals surface area (Å²) in [6, 6.07) is 9.27. The lowest BCUT2D eigenvalue weighted by atomic mass is 9.97. The third-order valence-electron chi connectivity index (χ3n) is 4.58. The molecule has 1 saturated heterocycles. The summed E-state index contributed by atoms with van der Waals surface area (Å²) < 4.78 is 0. The molecule has 1 aliphatic heterocycles. The molecule has 1 aromatic carbocycles. The molecule has 2 aromatic rings. The van der Waals surface area contributed by atoms with Crippen LogP contribution in [0.2, 0.25) is 0 Å². The highest BCUT2D eigenvalue weighted by atomic mass is 16.2. The molecule has 7 nitrogen and oxygen atoms in total. The first-order valence-corrected chi connectivity index (χ1v) is 8.53. The zero-order chi connectivity index (χ0) is 17.6. The summed E-state index contributed by atoms with van der Waals surface area (Å²) >= 11 is 0. The summed E-state index contributed by atoms with van der Waals surface area (Å²) in [6.45, 7) is 2.90. The molecule has 25 heavy (non-hydrogen) atoms. The average molecular weight is 341 g/mol. The van der Waals surface area contributed by atoms with Crippen molar-refractivity contribution < 1.29 is 9.59 Å². The van der Waals surface area contributed by atoms with Crippen molar-refractivity contribution in [3.63, 3.8) is 0 Å². The highest BCUT2D eigenvalue weighted by Crippen LogP contribution is 2.17. The van der Waals surface area contributed by atoms with Gasteiger partial charge in [-0.05, 0) is 43.1 Å². The predicted molar refractivity (Wildman–Crippen MR) is 94.7 cm³/mol. The zero-order valence-electron chi connectivity index (χ0n) is 14.1. The lowest BCUT2D eigenvalue weighted by molar-refractivity contribution is -0.123. The molecule has 3 rings (SSSR count). The molecule has 1 unspecified atom stereocenters. The van der Waals surface area contributed by atoms with Crippen LogP contribution in [0.5, 0.6) is 0 Å². The number of benzene rings is 1. The van der Waals surface area contributed by atoms with E-state index >= 15 is 0 Å². The van der Waals surface area contributed by atoms with Crippen molar-refractivity contribution in [2.75, 3.05) is 26.2 Å². The minimum atomic E-state index is -0.230. The average Bonchev–Trinajstić information content (AvgIpc) is 3.17. The first kappa shape index (κ1) is 17.2. The molecule has 0 saturated carbocycles. The molecule has 7 heteroatoms. The fourth-order valence-corrected chi connectivity index (χ4v) is 3.14. The van der Waals surface area contributed by atoms with Gasteiger partial charge in [0.15, 0.2) is 0 Å². The summed E-state index contributed by atoms with van der Waals surface area (Å²) in [6.07, 6.45) is 3.52. The van der Waals surface area contributed by atoms with Crippen LogP contribution in [0.4, 0.5) is 0 Å². The van der Waals surface area contributed by atoms with E-state index in [4.69, 9.17) is 5.73 Å². The summed E-state index contributed by atoms with van der Waals surface area (Å²) in [5, 5.41) is 9.74. The Kier molecular flexibility index (Phi) is 5.45. The molecular formula is C18H23N5O2. The van der Waals surface area contributed by atoms with Crippen LogP contribution in [0.15, 0.2) is 36.5 Å². The maximum absolute atomic E-state index is 12.2. The van der Waals surface area contributed by atoms with E-state index in [1.165, 1.54) is 0 Å². The monoisotopic (exact) mass is 341 g/mol. The minimum absolute atomic E-state index is 0.0699. The number of aromatic nitrogens is 2. The number of nitrogens with one attached hydrogen (secondary N) is 2. The van der Waals surface area contributed by atoms with Gasteiger partial charge in [0, 0.05) is 31.4 Å². The van der Waals surface area contributed by atoms with Gasteiger partial charge in [-0.3, -0.25) is 14.7 Å². The SMILES string of the molecule is NC(=O)C1CCCN(CCNC(=O)c2ccc(-c3ccn[nH]3)cc2)C1. The number of hydrogen-bond acceptors (Lipinski definition) is 4. The van der Waals surface area contributed by atoms with Crippen LogP contribution in [-0.2, 0) is 4.79 Å². The topological polar surface area (TPSA) is 104 Å². The van der Waals surface area contributed by atoms with Crippen LogP contribution in [-0.4, -0.2) is 53.1 Å². The number of carbonyl (C=O) groups is 2. The van der Waals surface area contributed by atoms with Gasteiger partial charge < -0.3 is 16.0 Å². The zero-order valence-corrected chi connectivity index (χ0v) is 14.1. The number of nitrogens with zero attached hydrogens (tertiary/aromatic N) is 2. The molecule has 1 aliphatic rings. The first-order valence-electron chi connectivity index (χ1n) is 8.53. The molecule has 1 aromatic heterocycles. The molecule has 0 spiro atoms. The van der Waals surface area contributed by atoms with E-state index in [1.807, 2.05) is 18.2 Å². The van der Waals surface area contributed by atoms with Crippen molar-refractivity contribution in [1.29, 1.82) is 0 Å². The predicted octanol–water partition coefficient (Wildman–Crippen LogP) is 1.00. The number of likely N-dealkylation sites (tertiary alicyclic amines) is 1. The van der Waals surface area contributed by atoms with Crippen molar-refractivity contribution in [1.82, 2.24) is 20.4 Å². The minimum Gasteiger partial charge on any atom is -0.369 e. The molecule has 0 radical (unpaired) electrons. The smallest absolute Gasteiger partial charge is 0.251 e. The van der Waals surface area contributed by atoms with Gasteiger partial charge in [-0.2, -0.15) is 5.10 Å². The molecule has 0 bridgehead atoms. The fourth-order valence-electron chi connectivity index (χ4n) is 3.14. The molecule has 2 amide bonds. The second-order valence-corrected chi connectivity index (χ2v) is 6.35. The van der Waals surface area contributed by atoms with Gasteiger partial charge >= 0.3 is 0 Å². The Labute approximate surface area is 146 Å². The lowest BCUT2D eigenvalue weighted by Gasteiger charge is -2.31. The van der Waals surface area contributed by atoms with Gasteiger partial charge in [-0.1, -0.05) is 12.1 Å². The number of hydrogen-bond donors (Lipinski definition) is 3. The van der Waals surface area contributed by atoms with Gasteiger partial charge in [0.05, 0.1) is 11.6 Å². The first-order chi connectivity index (χ1) is 12.1. The second kappa shape index (κ2) is 7.94. The molecule has 0 aliphatic carbocycles. The normalized spacial score (nSPS) is 18.0. The Morgan fingerprint density at radius 3 is 2.76 bits per heavy atom. The van der Waals surface area contributed by atoms with E-state index in [9.17, 15) is 9.59 Å². The standard InChI is InChI=1S/C18H23N5O2/c19-17(24)15-2-1-10-23(12-15)11-9-20-18(25)14-5-3-13(4-6-14)16-7-8-21-22-16/h3-8,15H,1-2,9-12H2,(H2,19,24)(H,20,25)(H,21,22). The van der Waals surface area contributed by atoms with Crippen LogP contribution >= 0.6 is 0 Å². The van der Waals surface area contributed by atoms with Crippen LogP contribution in [0.25, 0.3) is 11.3 Å². The van der Waals surface area contributed by atoms with E-state index in [1.54, 1.807) is 18.3 Å². The maximum Gasteiger partial charge on any atom is 0.251 e. The Bertz CT molecular complexity index is 712. The van der Waals surface area contributed by atoms with Crippen molar-refractivity contribution in [3.8, 4) is 11.3 Å². The number of H-pyrrole nitrogens is 1. The summed E-state index contributed by atoms with van der Waals surface area (Å²) in [5.74, 6) is -0.398. The Morgan fingerprint density at radius 1 is 1.28 bits per heavy atom. The quantitative estimate of drug-likeness (QED) is 0.729. The number of piperidine rings is 1. The van der Waals surface area contributed by atoms with Gasteiger partial charge in [0.2, 0.25) is 5.91 Å².